The van der Waals surface area contributed by atoms with Gasteiger partial charge in [0.15, 0.2) is 0 Å². The number of amides is 3. The van der Waals surface area contributed by atoms with E-state index in [2.05, 4.69) is 17.6 Å². The number of benzene rings is 3. The second-order valence-corrected chi connectivity index (χ2v) is 9.58. The molecule has 0 aliphatic rings. The topological polar surface area (TPSA) is 79.3 Å². The first-order valence-electron chi connectivity index (χ1n) is 13.0. The zero-order valence-electron chi connectivity index (χ0n) is 22.5. The summed E-state index contributed by atoms with van der Waals surface area (Å²) in [5.74, 6) is 0.256. The standard InChI is InChI=1S/C31H35N5O2/c1-5-6-18-35(31(38)32-26-15-14-23(3)24(4)19-26)21-30(37)33-29-20-28(25-10-8-7-9-11-25)34-36(29)27-16-12-22(2)13-17-27/h7-17,19-20H,5-6,18,21H2,1-4H3,(H,32,38)(H,33,37). The average Bonchev–Trinajstić information content (AvgIpc) is 3.33. The van der Waals surface area contributed by atoms with Crippen LogP contribution in [0.4, 0.5) is 16.3 Å². The van der Waals surface area contributed by atoms with E-state index in [4.69, 9.17) is 5.10 Å². The Kier molecular flexibility index (Phi) is 8.58. The Morgan fingerprint density at radius 2 is 1.61 bits per heavy atom. The molecule has 0 spiro atoms. The van der Waals surface area contributed by atoms with E-state index in [0.29, 0.717) is 18.1 Å². The molecule has 38 heavy (non-hydrogen) atoms. The quantitative estimate of drug-likeness (QED) is 0.262. The molecule has 0 unspecified atom stereocenters. The molecule has 0 radical (unpaired) electrons. The number of urea groups is 1. The van der Waals surface area contributed by atoms with E-state index >= 15 is 0 Å². The van der Waals surface area contributed by atoms with E-state index in [1.165, 1.54) is 0 Å². The van der Waals surface area contributed by atoms with Gasteiger partial charge < -0.3 is 15.5 Å². The van der Waals surface area contributed by atoms with E-state index < -0.39 is 0 Å². The number of carbonyl (C=O) groups excluding carboxylic acids is 2. The van der Waals surface area contributed by atoms with E-state index in [9.17, 15) is 9.59 Å². The van der Waals surface area contributed by atoms with Crippen LogP contribution in [-0.4, -0.2) is 39.7 Å². The number of anilines is 2. The van der Waals surface area contributed by atoms with Gasteiger partial charge >= 0.3 is 6.03 Å². The average molecular weight is 510 g/mol. The molecule has 2 N–H and O–H groups in total. The predicted octanol–water partition coefficient (Wildman–Crippen LogP) is 6.74. The van der Waals surface area contributed by atoms with Crippen molar-refractivity contribution in [3.63, 3.8) is 0 Å². The Hall–Kier alpha value is -4.39. The number of rotatable bonds is 9. The molecule has 7 nitrogen and oxygen atoms in total. The van der Waals surface area contributed by atoms with E-state index in [0.717, 1.165) is 46.5 Å². The van der Waals surface area contributed by atoms with E-state index in [1.807, 2.05) is 99.6 Å². The number of nitrogens with zero attached hydrogens (tertiary/aromatic N) is 3. The minimum atomic E-state index is -0.297. The van der Waals surface area contributed by atoms with Gasteiger partial charge in [-0.05, 0) is 62.6 Å². The fraction of sp³-hybridized carbons (Fsp3) is 0.258. The first-order valence-corrected chi connectivity index (χ1v) is 13.0. The predicted molar refractivity (Wildman–Crippen MR) is 154 cm³/mol. The molecule has 196 valence electrons. The van der Waals surface area contributed by atoms with Crippen LogP contribution in [0.5, 0.6) is 0 Å². The van der Waals surface area contributed by atoms with Crippen LogP contribution in [0.15, 0.2) is 78.9 Å². The van der Waals surface area contributed by atoms with E-state index in [1.54, 1.807) is 9.58 Å². The maximum absolute atomic E-state index is 13.3. The van der Waals surface area contributed by atoms with Gasteiger partial charge in [-0.15, -0.1) is 0 Å². The van der Waals surface area contributed by atoms with Crippen LogP contribution in [0.1, 0.15) is 36.5 Å². The maximum atomic E-state index is 13.3. The highest BCUT2D eigenvalue weighted by atomic mass is 16.2. The van der Waals surface area contributed by atoms with Crippen LogP contribution in [0.3, 0.4) is 0 Å². The maximum Gasteiger partial charge on any atom is 0.322 e. The van der Waals surface area contributed by atoms with Crippen LogP contribution in [-0.2, 0) is 4.79 Å². The molecule has 3 amide bonds. The van der Waals surface area contributed by atoms with Crippen molar-refractivity contribution in [1.82, 2.24) is 14.7 Å². The Labute approximate surface area is 224 Å². The molecule has 1 heterocycles. The Balaban J connectivity index is 1.55. The van der Waals surface area contributed by atoms with Gasteiger partial charge in [-0.1, -0.05) is 67.4 Å². The summed E-state index contributed by atoms with van der Waals surface area (Å²) >= 11 is 0. The van der Waals surface area contributed by atoms with Crippen LogP contribution in [0, 0.1) is 20.8 Å². The summed E-state index contributed by atoms with van der Waals surface area (Å²) in [5.41, 5.74) is 6.64. The van der Waals surface area contributed by atoms with Crippen molar-refractivity contribution in [3.8, 4) is 16.9 Å². The summed E-state index contributed by atoms with van der Waals surface area (Å²) in [4.78, 5) is 27.9. The second kappa shape index (κ2) is 12.2. The van der Waals surface area contributed by atoms with Crippen molar-refractivity contribution in [1.29, 1.82) is 0 Å². The van der Waals surface area contributed by atoms with Gasteiger partial charge in [0.25, 0.3) is 0 Å². The van der Waals surface area contributed by atoms with Gasteiger partial charge in [0.05, 0.1) is 11.4 Å². The molecule has 3 aromatic carbocycles. The molecule has 0 bridgehead atoms. The van der Waals surface area contributed by atoms with Gasteiger partial charge in [-0.3, -0.25) is 4.79 Å². The molecule has 4 aromatic rings. The third-order valence-corrected chi connectivity index (χ3v) is 6.49. The number of aryl methyl sites for hydroxylation is 3. The summed E-state index contributed by atoms with van der Waals surface area (Å²) in [6.07, 6.45) is 1.71. The van der Waals surface area contributed by atoms with Crippen LogP contribution >= 0.6 is 0 Å². The van der Waals surface area contributed by atoms with Crippen molar-refractivity contribution in [2.75, 3.05) is 23.7 Å². The lowest BCUT2D eigenvalue weighted by atomic mass is 10.1. The number of hydrogen-bond acceptors (Lipinski definition) is 3. The highest BCUT2D eigenvalue weighted by Gasteiger charge is 2.20. The normalized spacial score (nSPS) is 10.7. The fourth-order valence-electron chi connectivity index (χ4n) is 4.08. The lowest BCUT2D eigenvalue weighted by Gasteiger charge is -2.23. The monoisotopic (exact) mass is 509 g/mol. The third kappa shape index (κ3) is 6.68. The van der Waals surface area contributed by atoms with Crippen molar-refractivity contribution >= 4 is 23.4 Å². The minimum absolute atomic E-state index is 0.0730. The Morgan fingerprint density at radius 1 is 0.868 bits per heavy atom. The van der Waals surface area contributed by atoms with E-state index in [-0.39, 0.29) is 18.5 Å². The summed E-state index contributed by atoms with van der Waals surface area (Å²) in [5, 5.41) is 10.7. The number of aromatic nitrogens is 2. The first-order chi connectivity index (χ1) is 18.3. The molecular weight excluding hydrogens is 474 g/mol. The zero-order valence-corrected chi connectivity index (χ0v) is 22.5. The number of carbonyl (C=O) groups is 2. The van der Waals surface area contributed by atoms with Crippen molar-refractivity contribution in [3.05, 3.63) is 95.6 Å². The molecule has 0 aliphatic carbocycles. The number of hydrogen-bond donors (Lipinski definition) is 2. The molecule has 0 atom stereocenters. The van der Waals surface area contributed by atoms with Gasteiger partial charge in [0.1, 0.15) is 12.4 Å². The van der Waals surface area contributed by atoms with Crippen LogP contribution < -0.4 is 10.6 Å². The van der Waals surface area contributed by atoms with Crippen LogP contribution in [0.25, 0.3) is 16.9 Å². The van der Waals surface area contributed by atoms with Gasteiger partial charge in [0.2, 0.25) is 5.91 Å². The fourth-order valence-corrected chi connectivity index (χ4v) is 4.08. The molecule has 0 saturated heterocycles. The van der Waals surface area contributed by atoms with Gasteiger partial charge in [-0.2, -0.15) is 5.10 Å². The third-order valence-electron chi connectivity index (χ3n) is 6.49. The largest absolute Gasteiger partial charge is 0.322 e. The molecule has 0 fully saturated rings. The molecule has 4 rings (SSSR count). The molecule has 7 heteroatoms. The molecule has 0 saturated carbocycles. The zero-order chi connectivity index (χ0) is 27.1. The first kappa shape index (κ1) is 26.7. The van der Waals surface area contributed by atoms with Gasteiger partial charge in [-0.25, -0.2) is 9.48 Å². The molecule has 0 aliphatic heterocycles. The molecule has 1 aromatic heterocycles. The van der Waals surface area contributed by atoms with Crippen LogP contribution in [0.2, 0.25) is 0 Å². The lowest BCUT2D eigenvalue weighted by Crippen LogP contribution is -2.41. The lowest BCUT2D eigenvalue weighted by molar-refractivity contribution is -0.116. The summed E-state index contributed by atoms with van der Waals surface area (Å²) in [6.45, 7) is 8.53. The molecular formula is C31H35N5O2. The number of nitrogens with one attached hydrogen (secondary N) is 2. The summed E-state index contributed by atoms with van der Waals surface area (Å²) < 4.78 is 1.73. The number of unbranched alkanes of at least 4 members (excludes halogenated alkanes) is 1. The van der Waals surface area contributed by atoms with Crippen molar-refractivity contribution in [2.24, 2.45) is 0 Å². The summed E-state index contributed by atoms with van der Waals surface area (Å²) in [6, 6.07) is 25.1. The van der Waals surface area contributed by atoms with Crippen molar-refractivity contribution < 1.29 is 9.59 Å². The Bertz CT molecular complexity index is 1390. The SMILES string of the molecule is CCCCN(CC(=O)Nc1cc(-c2ccccc2)nn1-c1ccc(C)cc1)C(=O)Nc1ccc(C)c(C)c1. The highest BCUT2D eigenvalue weighted by Crippen LogP contribution is 2.25. The smallest absolute Gasteiger partial charge is 0.315 e. The van der Waals surface area contributed by atoms with Gasteiger partial charge in [0, 0.05) is 23.9 Å². The second-order valence-electron chi connectivity index (χ2n) is 9.58. The highest BCUT2D eigenvalue weighted by molar-refractivity contribution is 5.97. The Morgan fingerprint density at radius 3 is 2.29 bits per heavy atom. The minimum Gasteiger partial charge on any atom is -0.315 e. The summed E-state index contributed by atoms with van der Waals surface area (Å²) in [7, 11) is 0. The van der Waals surface area contributed by atoms with Crippen molar-refractivity contribution in [2.45, 2.75) is 40.5 Å².